The quantitative estimate of drug-likeness (QED) is 0.521. The minimum absolute atomic E-state index is 0.398. The second kappa shape index (κ2) is 2.99. The lowest BCUT2D eigenvalue weighted by Crippen LogP contribution is -2.20. The highest BCUT2D eigenvalue weighted by Crippen LogP contribution is 2.28. The first kappa shape index (κ1) is 7.51. The van der Waals surface area contributed by atoms with Crippen molar-refractivity contribution in [3.63, 3.8) is 0 Å². The van der Waals surface area contributed by atoms with Crippen LogP contribution in [0.5, 0.6) is 0 Å². The lowest BCUT2D eigenvalue weighted by Gasteiger charge is -2.08. The van der Waals surface area contributed by atoms with Gasteiger partial charge in [0.1, 0.15) is 6.17 Å². The number of esters is 1. The molecule has 3 heteroatoms. The molecule has 0 aromatic heterocycles. The summed E-state index contributed by atoms with van der Waals surface area (Å²) in [6.45, 7) is 0. The molecule has 1 rings (SSSR count). The Balaban J connectivity index is 2.46. The number of hydrogen-bond donors (Lipinski definition) is 0. The van der Waals surface area contributed by atoms with Crippen molar-refractivity contribution in [2.24, 2.45) is 5.92 Å². The van der Waals surface area contributed by atoms with Crippen LogP contribution in [0.4, 0.5) is 4.39 Å². The van der Waals surface area contributed by atoms with Crippen LogP contribution in [0.1, 0.15) is 19.3 Å². The number of halogens is 1. The van der Waals surface area contributed by atoms with Gasteiger partial charge in [-0.3, -0.25) is 4.79 Å². The van der Waals surface area contributed by atoms with Crippen molar-refractivity contribution in [2.75, 3.05) is 7.11 Å². The topological polar surface area (TPSA) is 26.3 Å². The molecule has 0 heterocycles. The second-order valence-electron chi connectivity index (χ2n) is 2.58. The van der Waals surface area contributed by atoms with Gasteiger partial charge in [-0.05, 0) is 19.3 Å². The summed E-state index contributed by atoms with van der Waals surface area (Å²) in [7, 11) is 1.30. The summed E-state index contributed by atoms with van der Waals surface area (Å²) >= 11 is 0. The monoisotopic (exact) mass is 146 g/mol. The smallest absolute Gasteiger partial charge is 0.311 e. The summed E-state index contributed by atoms with van der Waals surface area (Å²) in [6.07, 6.45) is 1.00. The maximum Gasteiger partial charge on any atom is 0.311 e. The van der Waals surface area contributed by atoms with E-state index in [0.29, 0.717) is 12.8 Å². The van der Waals surface area contributed by atoms with E-state index in [1.807, 2.05) is 0 Å². The molecule has 1 aliphatic carbocycles. The Bertz CT molecular complexity index is 136. The van der Waals surface area contributed by atoms with Crippen LogP contribution in [0, 0.1) is 5.92 Å². The Labute approximate surface area is 59.4 Å². The van der Waals surface area contributed by atoms with Gasteiger partial charge in [0.2, 0.25) is 0 Å². The molecule has 0 unspecified atom stereocenters. The summed E-state index contributed by atoms with van der Waals surface area (Å²) in [6, 6.07) is 0. The van der Waals surface area contributed by atoms with Crippen molar-refractivity contribution in [2.45, 2.75) is 25.4 Å². The van der Waals surface area contributed by atoms with Crippen LogP contribution in [-0.2, 0) is 9.53 Å². The van der Waals surface area contributed by atoms with Crippen LogP contribution in [0.2, 0.25) is 0 Å². The first-order valence-electron chi connectivity index (χ1n) is 3.47. The van der Waals surface area contributed by atoms with E-state index in [-0.39, 0.29) is 0 Å². The van der Waals surface area contributed by atoms with Gasteiger partial charge in [-0.1, -0.05) is 0 Å². The third-order valence-corrected chi connectivity index (χ3v) is 1.94. The molecule has 0 bridgehead atoms. The zero-order valence-electron chi connectivity index (χ0n) is 5.97. The molecule has 1 aliphatic rings. The molecule has 0 aromatic carbocycles. The predicted molar refractivity (Wildman–Crippen MR) is 34.3 cm³/mol. The lowest BCUT2D eigenvalue weighted by atomic mass is 10.1. The third kappa shape index (κ3) is 1.28. The van der Waals surface area contributed by atoms with E-state index in [4.69, 9.17) is 0 Å². The van der Waals surface area contributed by atoms with Crippen molar-refractivity contribution >= 4 is 5.97 Å². The Kier molecular flexibility index (Phi) is 2.25. The van der Waals surface area contributed by atoms with Crippen LogP contribution in [-0.4, -0.2) is 19.3 Å². The van der Waals surface area contributed by atoms with Gasteiger partial charge < -0.3 is 4.74 Å². The molecule has 0 amide bonds. The minimum Gasteiger partial charge on any atom is -0.469 e. The fraction of sp³-hybridized carbons (Fsp3) is 0.857. The van der Waals surface area contributed by atoms with Crippen LogP contribution >= 0.6 is 0 Å². The van der Waals surface area contributed by atoms with Gasteiger partial charge >= 0.3 is 5.97 Å². The van der Waals surface area contributed by atoms with E-state index < -0.39 is 18.1 Å². The Morgan fingerprint density at radius 2 is 2.30 bits per heavy atom. The maximum atomic E-state index is 12.7. The average Bonchev–Trinajstić information content (AvgIpc) is 2.34. The van der Waals surface area contributed by atoms with Crippen LogP contribution in [0.15, 0.2) is 0 Å². The van der Waals surface area contributed by atoms with E-state index in [2.05, 4.69) is 4.74 Å². The molecule has 0 spiro atoms. The van der Waals surface area contributed by atoms with E-state index in [9.17, 15) is 9.18 Å². The SMILES string of the molecule is COC(=O)[C@@H]1CCC[C@H]1F. The number of hydrogen-bond acceptors (Lipinski definition) is 2. The van der Waals surface area contributed by atoms with Gasteiger partial charge in [-0.2, -0.15) is 0 Å². The number of carbonyl (C=O) groups is 1. The molecule has 0 radical (unpaired) electrons. The number of carbonyl (C=O) groups excluding carboxylic acids is 1. The van der Waals surface area contributed by atoms with E-state index in [0.717, 1.165) is 6.42 Å². The summed E-state index contributed by atoms with van der Waals surface area (Å²) in [5.41, 5.74) is 0. The highest BCUT2D eigenvalue weighted by molar-refractivity contribution is 5.73. The number of alkyl halides is 1. The van der Waals surface area contributed by atoms with Gasteiger partial charge in [-0.15, -0.1) is 0 Å². The second-order valence-corrected chi connectivity index (χ2v) is 2.58. The first-order chi connectivity index (χ1) is 4.75. The van der Waals surface area contributed by atoms with Gasteiger partial charge in [-0.25, -0.2) is 4.39 Å². The van der Waals surface area contributed by atoms with Gasteiger partial charge in [0.25, 0.3) is 0 Å². The highest BCUT2D eigenvalue weighted by atomic mass is 19.1. The van der Waals surface area contributed by atoms with E-state index in [1.54, 1.807) is 0 Å². The average molecular weight is 146 g/mol. The van der Waals surface area contributed by atoms with Crippen molar-refractivity contribution in [3.8, 4) is 0 Å². The van der Waals surface area contributed by atoms with Crippen LogP contribution in [0.25, 0.3) is 0 Å². The molecule has 0 N–H and O–H groups in total. The fourth-order valence-electron chi connectivity index (χ4n) is 1.33. The third-order valence-electron chi connectivity index (χ3n) is 1.94. The molecule has 58 valence electrons. The number of methoxy groups -OCH3 is 1. The van der Waals surface area contributed by atoms with Crippen LogP contribution < -0.4 is 0 Å². The van der Waals surface area contributed by atoms with Gasteiger partial charge in [0, 0.05) is 0 Å². The number of rotatable bonds is 1. The molecule has 0 aliphatic heterocycles. The molecule has 1 fully saturated rings. The van der Waals surface area contributed by atoms with E-state index >= 15 is 0 Å². The lowest BCUT2D eigenvalue weighted by molar-refractivity contribution is -0.146. The summed E-state index contributed by atoms with van der Waals surface area (Å²) in [5, 5.41) is 0. The largest absolute Gasteiger partial charge is 0.469 e. The summed E-state index contributed by atoms with van der Waals surface area (Å²) in [5.74, 6) is -0.880. The summed E-state index contributed by atoms with van der Waals surface area (Å²) < 4.78 is 17.2. The molecule has 10 heavy (non-hydrogen) atoms. The normalized spacial score (nSPS) is 32.2. The van der Waals surface area contributed by atoms with Crippen molar-refractivity contribution < 1.29 is 13.9 Å². The predicted octanol–water partition coefficient (Wildman–Crippen LogP) is 1.30. The standard InChI is InChI=1S/C7H11FO2/c1-10-7(9)5-3-2-4-6(5)8/h5-6H,2-4H2,1H3/t5-,6-/m1/s1. The summed E-state index contributed by atoms with van der Waals surface area (Å²) in [4.78, 5) is 10.8. The molecule has 1 saturated carbocycles. The molecular formula is C7H11FO2. The number of ether oxygens (including phenoxy) is 1. The van der Waals surface area contributed by atoms with Crippen molar-refractivity contribution in [1.82, 2.24) is 0 Å². The van der Waals surface area contributed by atoms with Gasteiger partial charge in [0.05, 0.1) is 13.0 Å². The van der Waals surface area contributed by atoms with E-state index in [1.165, 1.54) is 7.11 Å². The maximum absolute atomic E-state index is 12.7. The van der Waals surface area contributed by atoms with Crippen molar-refractivity contribution in [3.05, 3.63) is 0 Å². The van der Waals surface area contributed by atoms with Crippen LogP contribution in [0.3, 0.4) is 0 Å². The zero-order valence-corrected chi connectivity index (χ0v) is 5.97. The first-order valence-corrected chi connectivity index (χ1v) is 3.47. The highest BCUT2D eigenvalue weighted by Gasteiger charge is 2.33. The zero-order chi connectivity index (χ0) is 7.56. The molecule has 0 saturated heterocycles. The Morgan fingerprint density at radius 3 is 2.70 bits per heavy atom. The Morgan fingerprint density at radius 1 is 1.60 bits per heavy atom. The van der Waals surface area contributed by atoms with Gasteiger partial charge in [0.15, 0.2) is 0 Å². The Hall–Kier alpha value is -0.600. The molecule has 2 atom stereocenters. The fourth-order valence-corrected chi connectivity index (χ4v) is 1.33. The molecular weight excluding hydrogens is 135 g/mol. The molecule has 2 nitrogen and oxygen atoms in total. The van der Waals surface area contributed by atoms with Crippen molar-refractivity contribution in [1.29, 1.82) is 0 Å². The molecule has 0 aromatic rings. The minimum atomic E-state index is -0.965.